The fraction of sp³-hybridized carbons (Fsp3) is 0.190. The summed E-state index contributed by atoms with van der Waals surface area (Å²) in [6.07, 6.45) is 0. The van der Waals surface area contributed by atoms with Gasteiger partial charge in [-0.2, -0.15) is 0 Å². The van der Waals surface area contributed by atoms with Crippen LogP contribution in [0.25, 0.3) is 11.5 Å². The van der Waals surface area contributed by atoms with E-state index < -0.39 is 23.8 Å². The molecule has 0 saturated heterocycles. The lowest BCUT2D eigenvalue weighted by Crippen LogP contribution is -2.43. The lowest BCUT2D eigenvalue weighted by molar-refractivity contribution is -0.149. The number of carbonyl (C=O) groups excluding carboxylic acids is 3. The third kappa shape index (κ3) is 3.40. The van der Waals surface area contributed by atoms with Crippen molar-refractivity contribution >= 4 is 17.8 Å². The molecule has 0 aliphatic carbocycles. The predicted octanol–water partition coefficient (Wildman–Crippen LogP) is 2.77. The second-order valence-corrected chi connectivity index (χ2v) is 6.68. The molecule has 1 aromatic heterocycles. The molecule has 1 aliphatic rings. The average Bonchev–Trinajstić information content (AvgIpc) is 3.29. The molecule has 8 heteroatoms. The first-order valence-electron chi connectivity index (χ1n) is 8.98. The van der Waals surface area contributed by atoms with E-state index in [1.54, 1.807) is 24.3 Å². The topological polar surface area (TPSA) is 103 Å². The van der Waals surface area contributed by atoms with Gasteiger partial charge in [-0.3, -0.25) is 14.5 Å². The number of amides is 2. The van der Waals surface area contributed by atoms with Crippen molar-refractivity contribution in [2.24, 2.45) is 0 Å². The number of aromatic nitrogens is 2. The van der Waals surface area contributed by atoms with E-state index >= 15 is 0 Å². The van der Waals surface area contributed by atoms with E-state index in [0.717, 1.165) is 16.0 Å². The van der Waals surface area contributed by atoms with E-state index in [4.69, 9.17) is 9.15 Å². The van der Waals surface area contributed by atoms with E-state index in [0.29, 0.717) is 5.89 Å². The number of rotatable bonds is 5. The molecule has 2 heterocycles. The van der Waals surface area contributed by atoms with E-state index in [1.165, 1.54) is 6.92 Å². The SMILES string of the molecule is Cc1cccc(-c2nnc(COC(=O)[C@@H](C)N3C(=O)c4ccccc4C3=O)o2)c1. The van der Waals surface area contributed by atoms with Gasteiger partial charge in [0.25, 0.3) is 17.7 Å². The highest BCUT2D eigenvalue weighted by atomic mass is 16.5. The van der Waals surface area contributed by atoms with Gasteiger partial charge in [0.15, 0.2) is 6.61 Å². The van der Waals surface area contributed by atoms with Crippen LogP contribution in [-0.4, -0.2) is 38.9 Å². The van der Waals surface area contributed by atoms with Crippen LogP contribution in [0, 0.1) is 6.92 Å². The Kier molecular flexibility index (Phi) is 4.67. The summed E-state index contributed by atoms with van der Waals surface area (Å²) in [5.41, 5.74) is 2.35. The van der Waals surface area contributed by atoms with Crippen LogP contribution >= 0.6 is 0 Å². The molecule has 0 fully saturated rings. The van der Waals surface area contributed by atoms with Gasteiger partial charge >= 0.3 is 5.97 Å². The van der Waals surface area contributed by atoms with Gasteiger partial charge in [0.2, 0.25) is 5.89 Å². The number of benzene rings is 2. The quantitative estimate of drug-likeness (QED) is 0.487. The fourth-order valence-electron chi connectivity index (χ4n) is 3.13. The second kappa shape index (κ2) is 7.31. The van der Waals surface area contributed by atoms with Gasteiger partial charge in [0.05, 0.1) is 11.1 Å². The summed E-state index contributed by atoms with van der Waals surface area (Å²) < 4.78 is 10.7. The number of esters is 1. The predicted molar refractivity (Wildman–Crippen MR) is 101 cm³/mol. The van der Waals surface area contributed by atoms with Crippen LogP contribution in [0.4, 0.5) is 0 Å². The van der Waals surface area contributed by atoms with Gasteiger partial charge in [0, 0.05) is 5.56 Å². The molecule has 2 amide bonds. The zero-order chi connectivity index (χ0) is 20.5. The van der Waals surface area contributed by atoms with Gasteiger partial charge in [-0.1, -0.05) is 29.8 Å². The van der Waals surface area contributed by atoms with Crippen LogP contribution in [0.15, 0.2) is 52.9 Å². The molecule has 1 aliphatic heterocycles. The first-order valence-corrected chi connectivity index (χ1v) is 8.98. The van der Waals surface area contributed by atoms with E-state index in [2.05, 4.69) is 10.2 Å². The lowest BCUT2D eigenvalue weighted by atomic mass is 10.1. The molecular weight excluding hydrogens is 374 g/mol. The number of fused-ring (bicyclic) bond motifs is 1. The van der Waals surface area contributed by atoms with Gasteiger partial charge in [-0.25, -0.2) is 4.79 Å². The largest absolute Gasteiger partial charge is 0.454 e. The van der Waals surface area contributed by atoms with Crippen molar-refractivity contribution in [3.63, 3.8) is 0 Å². The summed E-state index contributed by atoms with van der Waals surface area (Å²) in [5, 5.41) is 7.82. The number of hydrogen-bond acceptors (Lipinski definition) is 7. The van der Waals surface area contributed by atoms with E-state index in [1.807, 2.05) is 31.2 Å². The van der Waals surface area contributed by atoms with Gasteiger partial charge in [0.1, 0.15) is 6.04 Å². The Hall–Kier alpha value is -3.81. The van der Waals surface area contributed by atoms with Crippen LogP contribution < -0.4 is 0 Å². The van der Waals surface area contributed by atoms with Crippen LogP contribution in [0.5, 0.6) is 0 Å². The van der Waals surface area contributed by atoms with Crippen molar-refractivity contribution in [2.75, 3.05) is 0 Å². The van der Waals surface area contributed by atoms with E-state index in [9.17, 15) is 14.4 Å². The van der Waals surface area contributed by atoms with Crippen LogP contribution in [0.3, 0.4) is 0 Å². The van der Waals surface area contributed by atoms with E-state index in [-0.39, 0.29) is 23.6 Å². The minimum absolute atomic E-state index is 0.115. The van der Waals surface area contributed by atoms with Crippen molar-refractivity contribution in [3.05, 3.63) is 71.1 Å². The molecule has 29 heavy (non-hydrogen) atoms. The number of imide groups is 1. The minimum Gasteiger partial charge on any atom is -0.454 e. The summed E-state index contributed by atoms with van der Waals surface area (Å²) in [6.45, 7) is 3.13. The lowest BCUT2D eigenvalue weighted by Gasteiger charge is -2.20. The van der Waals surface area contributed by atoms with Gasteiger partial charge < -0.3 is 9.15 Å². The summed E-state index contributed by atoms with van der Waals surface area (Å²) in [4.78, 5) is 38.3. The Morgan fingerprint density at radius 1 is 1.07 bits per heavy atom. The van der Waals surface area contributed by atoms with Crippen molar-refractivity contribution in [2.45, 2.75) is 26.5 Å². The molecule has 0 radical (unpaired) electrons. The number of carbonyl (C=O) groups is 3. The molecule has 0 N–H and O–H groups in total. The molecule has 2 aromatic carbocycles. The molecule has 0 bridgehead atoms. The summed E-state index contributed by atoms with van der Waals surface area (Å²) in [6, 6.07) is 12.9. The number of aryl methyl sites for hydroxylation is 1. The molecule has 146 valence electrons. The normalized spacial score (nSPS) is 14.1. The Morgan fingerprint density at radius 3 is 2.41 bits per heavy atom. The Bertz CT molecular complexity index is 1090. The van der Waals surface area contributed by atoms with Crippen molar-refractivity contribution in [1.82, 2.24) is 15.1 Å². The molecule has 8 nitrogen and oxygen atoms in total. The van der Waals surface area contributed by atoms with Crippen LogP contribution in [-0.2, 0) is 16.1 Å². The highest BCUT2D eigenvalue weighted by molar-refractivity contribution is 6.22. The molecule has 4 rings (SSSR count). The van der Waals surface area contributed by atoms with Crippen molar-refractivity contribution in [3.8, 4) is 11.5 Å². The standard InChI is InChI=1S/C21H17N3O5/c1-12-6-5-7-14(10-12)18-23-22-17(29-18)11-28-21(27)13(2)24-19(25)15-8-3-4-9-16(15)20(24)26/h3-10,13H,11H2,1-2H3/t13-/m1/s1. The molecule has 3 aromatic rings. The van der Waals surface area contributed by atoms with Gasteiger partial charge in [-0.05, 0) is 38.1 Å². The molecule has 0 saturated carbocycles. The fourth-order valence-corrected chi connectivity index (χ4v) is 3.13. The molecule has 1 atom stereocenters. The van der Waals surface area contributed by atoms with Gasteiger partial charge in [-0.15, -0.1) is 10.2 Å². The summed E-state index contributed by atoms with van der Waals surface area (Å²) in [7, 11) is 0. The number of hydrogen-bond donors (Lipinski definition) is 0. The van der Waals surface area contributed by atoms with Crippen LogP contribution in [0.2, 0.25) is 0 Å². The number of nitrogens with zero attached hydrogens (tertiary/aromatic N) is 3. The van der Waals surface area contributed by atoms with Crippen LogP contribution in [0.1, 0.15) is 39.1 Å². The average molecular weight is 391 g/mol. The summed E-state index contributed by atoms with van der Waals surface area (Å²) >= 11 is 0. The maximum absolute atomic E-state index is 12.5. The van der Waals surface area contributed by atoms with Crippen molar-refractivity contribution < 1.29 is 23.5 Å². The number of ether oxygens (including phenoxy) is 1. The zero-order valence-corrected chi connectivity index (χ0v) is 15.8. The Balaban J connectivity index is 1.42. The maximum atomic E-state index is 12.5. The first kappa shape index (κ1) is 18.5. The Morgan fingerprint density at radius 2 is 1.76 bits per heavy atom. The molecular formula is C21H17N3O5. The van der Waals surface area contributed by atoms with Crippen molar-refractivity contribution in [1.29, 1.82) is 0 Å². The third-order valence-electron chi connectivity index (χ3n) is 4.62. The minimum atomic E-state index is -1.08. The monoisotopic (exact) mass is 391 g/mol. The smallest absolute Gasteiger partial charge is 0.329 e. The third-order valence-corrected chi connectivity index (χ3v) is 4.62. The zero-order valence-electron chi connectivity index (χ0n) is 15.8. The Labute approximate surface area is 166 Å². The highest BCUT2D eigenvalue weighted by Gasteiger charge is 2.41. The molecule has 0 unspecified atom stereocenters. The highest BCUT2D eigenvalue weighted by Crippen LogP contribution is 2.25. The maximum Gasteiger partial charge on any atom is 0.329 e. The molecule has 0 spiro atoms. The second-order valence-electron chi connectivity index (χ2n) is 6.68. The summed E-state index contributed by atoms with van der Waals surface area (Å²) in [5.74, 6) is -1.35. The first-order chi connectivity index (χ1) is 14.0.